The van der Waals surface area contributed by atoms with Crippen molar-refractivity contribution in [3.05, 3.63) is 40.1 Å². The summed E-state index contributed by atoms with van der Waals surface area (Å²) in [4.78, 5) is 12.7. The number of rotatable bonds is 2. The third kappa shape index (κ3) is 2.76. The van der Waals surface area contributed by atoms with E-state index in [1.165, 1.54) is 0 Å². The van der Waals surface area contributed by atoms with Crippen molar-refractivity contribution >= 4 is 40.2 Å². The molecule has 2 rings (SSSR count). The zero-order valence-corrected chi connectivity index (χ0v) is 12.4. The molecule has 1 heterocycles. The maximum atomic E-state index is 12.1. The van der Waals surface area contributed by atoms with Crippen molar-refractivity contribution in [1.82, 2.24) is 9.78 Å². The van der Waals surface area contributed by atoms with E-state index in [0.717, 1.165) is 10.2 Å². The summed E-state index contributed by atoms with van der Waals surface area (Å²) in [6, 6.07) is 5.33. The van der Waals surface area contributed by atoms with Crippen LogP contribution < -0.4 is 5.32 Å². The number of aromatic nitrogens is 2. The van der Waals surface area contributed by atoms with E-state index >= 15 is 0 Å². The molecule has 0 bridgehead atoms. The lowest BCUT2D eigenvalue weighted by Crippen LogP contribution is -2.12. The molecule has 4 nitrogen and oxygen atoms in total. The molecule has 0 saturated heterocycles. The number of halogens is 1. The number of amides is 1. The third-order valence-electron chi connectivity index (χ3n) is 2.47. The van der Waals surface area contributed by atoms with Crippen molar-refractivity contribution in [2.45, 2.75) is 11.8 Å². The fraction of sp³-hybridized carbons (Fsp3) is 0.167. The second kappa shape index (κ2) is 5.16. The number of carbonyl (C=O) groups is 1. The first-order chi connectivity index (χ1) is 8.47. The monoisotopic (exact) mass is 325 g/mol. The summed E-state index contributed by atoms with van der Waals surface area (Å²) in [5.74, 6) is -0.191. The van der Waals surface area contributed by atoms with Gasteiger partial charge in [0, 0.05) is 22.6 Å². The Morgan fingerprint density at radius 1 is 1.50 bits per heavy atom. The van der Waals surface area contributed by atoms with Gasteiger partial charge in [0.25, 0.3) is 5.91 Å². The Morgan fingerprint density at radius 3 is 2.78 bits per heavy atom. The van der Waals surface area contributed by atoms with Crippen LogP contribution in [-0.4, -0.2) is 15.7 Å². The number of aryl methyl sites for hydroxylation is 2. The van der Waals surface area contributed by atoms with Crippen molar-refractivity contribution < 1.29 is 4.79 Å². The number of hydrogen-bond donors (Lipinski definition) is 2. The van der Waals surface area contributed by atoms with Crippen LogP contribution in [0.2, 0.25) is 0 Å². The number of benzene rings is 1. The van der Waals surface area contributed by atoms with Crippen molar-refractivity contribution in [3.8, 4) is 0 Å². The molecular formula is C12H12BrN3OS. The summed E-state index contributed by atoms with van der Waals surface area (Å²) in [7, 11) is 1.81. The molecule has 0 fully saturated rings. The Hall–Kier alpha value is -1.27. The van der Waals surface area contributed by atoms with Gasteiger partial charge in [-0.2, -0.15) is 5.10 Å². The van der Waals surface area contributed by atoms with Crippen LogP contribution >= 0.6 is 28.6 Å². The van der Waals surface area contributed by atoms with E-state index in [-0.39, 0.29) is 5.91 Å². The van der Waals surface area contributed by atoms with E-state index in [9.17, 15) is 4.79 Å². The highest BCUT2D eigenvalue weighted by Crippen LogP contribution is 2.21. The van der Waals surface area contributed by atoms with Gasteiger partial charge in [0.1, 0.15) is 0 Å². The van der Waals surface area contributed by atoms with E-state index in [0.29, 0.717) is 16.1 Å². The van der Waals surface area contributed by atoms with Gasteiger partial charge in [0.2, 0.25) is 0 Å². The van der Waals surface area contributed by atoms with E-state index in [1.54, 1.807) is 23.0 Å². The zero-order chi connectivity index (χ0) is 13.3. The zero-order valence-electron chi connectivity index (χ0n) is 9.94. The molecule has 0 unspecified atom stereocenters. The second-order valence-electron chi connectivity index (χ2n) is 3.92. The van der Waals surface area contributed by atoms with Gasteiger partial charge in [-0.3, -0.25) is 9.48 Å². The predicted molar refractivity (Wildman–Crippen MR) is 77.3 cm³/mol. The maximum Gasteiger partial charge on any atom is 0.256 e. The van der Waals surface area contributed by atoms with Gasteiger partial charge in [0.05, 0.1) is 16.9 Å². The Labute approximate surface area is 119 Å². The second-order valence-corrected chi connectivity index (χ2v) is 5.31. The molecule has 0 spiro atoms. The molecule has 1 aromatic carbocycles. The van der Waals surface area contributed by atoms with Crippen LogP contribution in [-0.2, 0) is 7.05 Å². The molecule has 0 atom stereocenters. The maximum absolute atomic E-state index is 12.1. The first-order valence-electron chi connectivity index (χ1n) is 5.27. The van der Waals surface area contributed by atoms with Gasteiger partial charge in [-0.15, -0.1) is 12.6 Å². The molecule has 1 aromatic heterocycles. The number of nitrogens with one attached hydrogen (secondary N) is 1. The van der Waals surface area contributed by atoms with Gasteiger partial charge in [0.15, 0.2) is 0 Å². The number of hydrogen-bond acceptors (Lipinski definition) is 3. The number of anilines is 1. The van der Waals surface area contributed by atoms with Crippen LogP contribution in [0.25, 0.3) is 0 Å². The van der Waals surface area contributed by atoms with Crippen molar-refractivity contribution in [3.63, 3.8) is 0 Å². The van der Waals surface area contributed by atoms with Crippen LogP contribution in [0.4, 0.5) is 5.69 Å². The quantitative estimate of drug-likeness (QED) is 0.834. The highest BCUT2D eigenvalue weighted by atomic mass is 79.9. The van der Waals surface area contributed by atoms with Crippen LogP contribution in [0.1, 0.15) is 16.1 Å². The molecule has 18 heavy (non-hydrogen) atoms. The standard InChI is InChI=1S/C12H12BrN3OS/c1-7-10(6-16(2)15-7)14-12(17)9-4-3-8(13)5-11(9)18/h3-6,18H,1-2H3,(H,14,17). The molecule has 0 aliphatic carbocycles. The molecule has 0 aliphatic heterocycles. The highest BCUT2D eigenvalue weighted by molar-refractivity contribution is 9.10. The summed E-state index contributed by atoms with van der Waals surface area (Å²) >= 11 is 7.63. The Balaban J connectivity index is 2.24. The largest absolute Gasteiger partial charge is 0.319 e. The van der Waals surface area contributed by atoms with Gasteiger partial charge in [-0.05, 0) is 25.1 Å². The number of thiol groups is 1. The fourth-order valence-corrected chi connectivity index (χ4v) is 2.46. The van der Waals surface area contributed by atoms with Gasteiger partial charge in [-0.1, -0.05) is 15.9 Å². The Kier molecular flexibility index (Phi) is 3.77. The average molecular weight is 326 g/mol. The van der Waals surface area contributed by atoms with Crippen LogP contribution in [0, 0.1) is 6.92 Å². The Bertz CT molecular complexity index is 609. The smallest absolute Gasteiger partial charge is 0.256 e. The molecule has 0 saturated carbocycles. The fourth-order valence-electron chi connectivity index (χ4n) is 1.61. The summed E-state index contributed by atoms with van der Waals surface area (Å²) in [5, 5.41) is 6.99. The van der Waals surface area contributed by atoms with Crippen LogP contribution in [0.5, 0.6) is 0 Å². The minimum absolute atomic E-state index is 0.191. The van der Waals surface area contributed by atoms with Gasteiger partial charge in [-0.25, -0.2) is 0 Å². The summed E-state index contributed by atoms with van der Waals surface area (Å²) < 4.78 is 2.55. The normalized spacial score (nSPS) is 10.4. The first-order valence-corrected chi connectivity index (χ1v) is 6.51. The van der Waals surface area contributed by atoms with E-state index in [4.69, 9.17) is 0 Å². The summed E-state index contributed by atoms with van der Waals surface area (Å²) in [5.41, 5.74) is 2.02. The molecular weight excluding hydrogens is 314 g/mol. The third-order valence-corrected chi connectivity index (χ3v) is 3.33. The lowest BCUT2D eigenvalue weighted by molar-refractivity contribution is 0.102. The van der Waals surface area contributed by atoms with E-state index < -0.39 is 0 Å². The number of nitrogens with zero attached hydrogens (tertiary/aromatic N) is 2. The van der Waals surface area contributed by atoms with Crippen molar-refractivity contribution in [1.29, 1.82) is 0 Å². The Morgan fingerprint density at radius 2 is 2.22 bits per heavy atom. The highest BCUT2D eigenvalue weighted by Gasteiger charge is 2.12. The molecule has 2 aromatic rings. The minimum Gasteiger partial charge on any atom is -0.319 e. The van der Waals surface area contributed by atoms with Gasteiger partial charge < -0.3 is 5.32 Å². The average Bonchev–Trinajstić information content (AvgIpc) is 2.57. The van der Waals surface area contributed by atoms with Crippen molar-refractivity contribution in [2.75, 3.05) is 5.32 Å². The molecule has 1 amide bonds. The molecule has 1 N–H and O–H groups in total. The number of carbonyl (C=O) groups excluding carboxylic acids is 1. The lowest BCUT2D eigenvalue weighted by atomic mass is 10.2. The minimum atomic E-state index is -0.191. The topological polar surface area (TPSA) is 46.9 Å². The van der Waals surface area contributed by atoms with Crippen LogP contribution in [0.15, 0.2) is 33.8 Å². The molecule has 6 heteroatoms. The SMILES string of the molecule is Cc1nn(C)cc1NC(=O)c1ccc(Br)cc1S. The van der Waals surface area contributed by atoms with Gasteiger partial charge >= 0.3 is 0 Å². The van der Waals surface area contributed by atoms with Crippen LogP contribution in [0.3, 0.4) is 0 Å². The van der Waals surface area contributed by atoms with Crippen molar-refractivity contribution in [2.24, 2.45) is 7.05 Å². The lowest BCUT2D eigenvalue weighted by Gasteiger charge is -2.06. The molecule has 0 radical (unpaired) electrons. The molecule has 0 aliphatic rings. The van der Waals surface area contributed by atoms with E-state index in [1.807, 2.05) is 20.0 Å². The molecule has 94 valence electrons. The predicted octanol–water partition coefficient (Wildman–Crippen LogP) is 3.03. The first kappa shape index (κ1) is 13.2. The van der Waals surface area contributed by atoms with E-state index in [2.05, 4.69) is 39.0 Å². The summed E-state index contributed by atoms with van der Waals surface area (Å²) in [6.07, 6.45) is 1.77. The summed E-state index contributed by atoms with van der Waals surface area (Å²) in [6.45, 7) is 1.85.